The van der Waals surface area contributed by atoms with Gasteiger partial charge in [0.25, 0.3) is 5.91 Å². The molecule has 1 amide bonds. The van der Waals surface area contributed by atoms with E-state index in [9.17, 15) is 9.59 Å². The van der Waals surface area contributed by atoms with Crippen LogP contribution in [-0.4, -0.2) is 25.1 Å². The van der Waals surface area contributed by atoms with Gasteiger partial charge in [0.2, 0.25) is 0 Å². The molecule has 0 fully saturated rings. The number of carbonyl (C=O) groups excluding carboxylic acids is 2. The van der Waals surface area contributed by atoms with Gasteiger partial charge in [-0.15, -0.1) is 0 Å². The Labute approximate surface area is 169 Å². The molecule has 3 aromatic carbocycles. The van der Waals surface area contributed by atoms with Crippen LogP contribution in [0.4, 0.5) is 5.69 Å². The lowest BCUT2D eigenvalue weighted by Crippen LogP contribution is -2.30. The van der Waals surface area contributed by atoms with E-state index in [2.05, 4.69) is 10.1 Å². The molecule has 6 nitrogen and oxygen atoms in total. The second-order valence-electron chi connectivity index (χ2n) is 6.20. The van der Waals surface area contributed by atoms with E-state index in [1.807, 2.05) is 30.3 Å². The van der Waals surface area contributed by atoms with Crippen molar-refractivity contribution in [3.8, 4) is 17.2 Å². The third-order valence-electron chi connectivity index (χ3n) is 4.06. The molecule has 29 heavy (non-hydrogen) atoms. The fourth-order valence-electron chi connectivity index (χ4n) is 2.52. The van der Waals surface area contributed by atoms with Crippen molar-refractivity contribution in [2.24, 2.45) is 0 Å². The summed E-state index contributed by atoms with van der Waals surface area (Å²) in [5.41, 5.74) is 0.970. The Kier molecular flexibility index (Phi) is 6.47. The van der Waals surface area contributed by atoms with Gasteiger partial charge in [0.05, 0.1) is 12.7 Å². The number of benzene rings is 3. The zero-order chi connectivity index (χ0) is 20.6. The summed E-state index contributed by atoms with van der Waals surface area (Å²) in [5, 5.41) is 2.75. The van der Waals surface area contributed by atoms with Crippen LogP contribution in [0.15, 0.2) is 78.9 Å². The third-order valence-corrected chi connectivity index (χ3v) is 4.06. The molecule has 148 valence electrons. The number of methoxy groups -OCH3 is 1. The van der Waals surface area contributed by atoms with Crippen molar-refractivity contribution >= 4 is 17.6 Å². The fourth-order valence-corrected chi connectivity index (χ4v) is 2.52. The molecule has 0 spiro atoms. The van der Waals surface area contributed by atoms with Crippen molar-refractivity contribution in [1.29, 1.82) is 0 Å². The molecule has 1 unspecified atom stereocenters. The maximum Gasteiger partial charge on any atom is 0.337 e. The average Bonchev–Trinajstić information content (AvgIpc) is 2.75. The van der Waals surface area contributed by atoms with Crippen LogP contribution < -0.4 is 14.8 Å². The van der Waals surface area contributed by atoms with Crippen LogP contribution in [0.2, 0.25) is 0 Å². The zero-order valence-corrected chi connectivity index (χ0v) is 16.1. The SMILES string of the molecule is COC(=O)c1ccc(NC(=O)C(C)Oc2ccc(Oc3ccccc3)cc2)cc1. The van der Waals surface area contributed by atoms with Crippen LogP contribution in [-0.2, 0) is 9.53 Å². The monoisotopic (exact) mass is 391 g/mol. The van der Waals surface area contributed by atoms with Gasteiger partial charge in [-0.3, -0.25) is 4.79 Å². The smallest absolute Gasteiger partial charge is 0.337 e. The topological polar surface area (TPSA) is 73.9 Å². The molecule has 1 atom stereocenters. The lowest BCUT2D eigenvalue weighted by Gasteiger charge is -2.15. The Morgan fingerprint density at radius 1 is 0.793 bits per heavy atom. The first kappa shape index (κ1) is 19.9. The van der Waals surface area contributed by atoms with Crippen molar-refractivity contribution < 1.29 is 23.8 Å². The van der Waals surface area contributed by atoms with E-state index < -0.39 is 12.1 Å². The maximum absolute atomic E-state index is 12.3. The highest BCUT2D eigenvalue weighted by molar-refractivity contribution is 5.95. The summed E-state index contributed by atoms with van der Waals surface area (Å²) in [7, 11) is 1.32. The first-order valence-electron chi connectivity index (χ1n) is 9.04. The van der Waals surface area contributed by atoms with Crippen LogP contribution in [0, 0.1) is 0 Å². The highest BCUT2D eigenvalue weighted by Gasteiger charge is 2.15. The molecule has 3 rings (SSSR count). The van der Waals surface area contributed by atoms with E-state index in [0.717, 1.165) is 5.75 Å². The highest BCUT2D eigenvalue weighted by Crippen LogP contribution is 2.24. The standard InChI is InChI=1S/C23H21NO5/c1-16(22(25)24-18-10-8-17(9-11-18)23(26)27-2)28-20-12-14-21(15-13-20)29-19-6-4-3-5-7-19/h3-16H,1-2H3,(H,24,25). The molecule has 6 heteroatoms. The van der Waals surface area contributed by atoms with Gasteiger partial charge in [-0.2, -0.15) is 0 Å². The van der Waals surface area contributed by atoms with E-state index >= 15 is 0 Å². The largest absolute Gasteiger partial charge is 0.481 e. The molecule has 0 heterocycles. The molecule has 0 aliphatic rings. The highest BCUT2D eigenvalue weighted by atomic mass is 16.5. The molecule has 0 aliphatic carbocycles. The van der Waals surface area contributed by atoms with Gasteiger partial charge in [0, 0.05) is 5.69 Å². The predicted octanol–water partition coefficient (Wildman–Crippen LogP) is 4.67. The first-order chi connectivity index (χ1) is 14.0. The Morgan fingerprint density at radius 3 is 2.00 bits per heavy atom. The number of hydrogen-bond donors (Lipinski definition) is 1. The van der Waals surface area contributed by atoms with Gasteiger partial charge in [0.15, 0.2) is 6.10 Å². The van der Waals surface area contributed by atoms with Crippen LogP contribution >= 0.6 is 0 Å². The summed E-state index contributed by atoms with van der Waals surface area (Å²) in [6.45, 7) is 1.66. The molecule has 0 bridgehead atoms. The number of anilines is 1. The number of rotatable bonds is 7. The first-order valence-corrected chi connectivity index (χ1v) is 9.04. The van der Waals surface area contributed by atoms with E-state index in [1.54, 1.807) is 55.5 Å². The molecular weight excluding hydrogens is 370 g/mol. The molecule has 0 saturated heterocycles. The molecule has 1 N–H and O–H groups in total. The molecule has 0 aliphatic heterocycles. The van der Waals surface area contributed by atoms with Crippen LogP contribution in [0.5, 0.6) is 17.2 Å². The van der Waals surface area contributed by atoms with E-state index in [-0.39, 0.29) is 5.91 Å². The fraction of sp³-hybridized carbons (Fsp3) is 0.130. The van der Waals surface area contributed by atoms with Gasteiger partial charge in [-0.1, -0.05) is 18.2 Å². The quantitative estimate of drug-likeness (QED) is 0.593. The predicted molar refractivity (Wildman–Crippen MR) is 109 cm³/mol. The van der Waals surface area contributed by atoms with Gasteiger partial charge < -0.3 is 19.5 Å². The summed E-state index contributed by atoms with van der Waals surface area (Å²) in [4.78, 5) is 23.8. The minimum atomic E-state index is -0.712. The Balaban J connectivity index is 1.54. The van der Waals surface area contributed by atoms with Crippen molar-refractivity contribution in [2.75, 3.05) is 12.4 Å². The lowest BCUT2D eigenvalue weighted by molar-refractivity contribution is -0.122. The van der Waals surface area contributed by atoms with Crippen molar-refractivity contribution in [1.82, 2.24) is 0 Å². The van der Waals surface area contributed by atoms with Gasteiger partial charge >= 0.3 is 5.97 Å². The van der Waals surface area contributed by atoms with Gasteiger partial charge in [-0.05, 0) is 67.6 Å². The van der Waals surface area contributed by atoms with Gasteiger partial charge in [-0.25, -0.2) is 4.79 Å². The van der Waals surface area contributed by atoms with Crippen LogP contribution in [0.25, 0.3) is 0 Å². The summed E-state index contributed by atoms with van der Waals surface area (Å²) < 4.78 is 16.1. The molecule has 3 aromatic rings. The second kappa shape index (κ2) is 9.41. The average molecular weight is 391 g/mol. The maximum atomic E-state index is 12.3. The molecule has 0 radical (unpaired) electrons. The number of hydrogen-bond acceptors (Lipinski definition) is 5. The van der Waals surface area contributed by atoms with Crippen LogP contribution in [0.1, 0.15) is 17.3 Å². The normalized spacial score (nSPS) is 11.2. The zero-order valence-electron chi connectivity index (χ0n) is 16.1. The van der Waals surface area contributed by atoms with Gasteiger partial charge in [0.1, 0.15) is 17.2 Å². The summed E-state index contributed by atoms with van der Waals surface area (Å²) in [6.07, 6.45) is -0.712. The summed E-state index contributed by atoms with van der Waals surface area (Å²) >= 11 is 0. The number of ether oxygens (including phenoxy) is 3. The third kappa shape index (κ3) is 5.59. The number of esters is 1. The number of carbonyl (C=O) groups is 2. The minimum absolute atomic E-state index is 0.305. The minimum Gasteiger partial charge on any atom is -0.481 e. The van der Waals surface area contributed by atoms with E-state index in [4.69, 9.17) is 9.47 Å². The number of nitrogens with one attached hydrogen (secondary N) is 1. The Morgan fingerprint density at radius 2 is 1.38 bits per heavy atom. The number of para-hydroxylation sites is 1. The molecule has 0 saturated carbocycles. The lowest BCUT2D eigenvalue weighted by atomic mass is 10.2. The summed E-state index contributed by atoms with van der Waals surface area (Å²) in [5.74, 6) is 1.23. The van der Waals surface area contributed by atoms with E-state index in [1.165, 1.54) is 7.11 Å². The van der Waals surface area contributed by atoms with Crippen molar-refractivity contribution in [3.63, 3.8) is 0 Å². The van der Waals surface area contributed by atoms with E-state index in [0.29, 0.717) is 22.7 Å². The molecular formula is C23H21NO5. The Bertz CT molecular complexity index is 953. The van der Waals surface area contributed by atoms with Crippen LogP contribution in [0.3, 0.4) is 0 Å². The Hall–Kier alpha value is -3.80. The van der Waals surface area contributed by atoms with Crippen molar-refractivity contribution in [3.05, 3.63) is 84.4 Å². The van der Waals surface area contributed by atoms with Crippen molar-refractivity contribution in [2.45, 2.75) is 13.0 Å². The second-order valence-corrected chi connectivity index (χ2v) is 6.20. The number of amides is 1. The molecule has 0 aromatic heterocycles. The summed E-state index contributed by atoms with van der Waals surface area (Å²) in [6, 6.07) is 22.9.